The van der Waals surface area contributed by atoms with Crippen molar-refractivity contribution in [2.24, 2.45) is 0 Å². The minimum atomic E-state index is 0.838. The van der Waals surface area contributed by atoms with E-state index in [0.29, 0.717) is 0 Å². The Morgan fingerprint density at radius 2 is 1.87 bits per heavy atom. The molecule has 1 rings (SSSR count). The van der Waals surface area contributed by atoms with Crippen molar-refractivity contribution in [2.75, 3.05) is 11.9 Å². The molecule has 0 bridgehead atoms. The molecule has 0 saturated carbocycles. The summed E-state index contributed by atoms with van der Waals surface area (Å²) in [5, 5.41) is 3.30. The lowest BCUT2D eigenvalue weighted by atomic mass is 10.2. The highest BCUT2D eigenvalue weighted by Gasteiger charge is 1.87. The Bertz CT molecular complexity index is 344. The average Bonchev–Trinajstić information content (AvgIpc) is 2.26. The fourth-order valence-corrected chi connectivity index (χ4v) is 1.14. The predicted molar refractivity (Wildman–Crippen MR) is 68.1 cm³/mol. The number of aryl methyl sites for hydroxylation is 1. The first kappa shape index (κ1) is 11.3. The molecule has 0 heterocycles. The van der Waals surface area contributed by atoms with E-state index in [2.05, 4.69) is 49.2 Å². The molecular formula is C14H17N. The van der Waals surface area contributed by atoms with Crippen LogP contribution in [0.5, 0.6) is 0 Å². The fourth-order valence-electron chi connectivity index (χ4n) is 1.14. The molecule has 0 saturated heterocycles. The summed E-state index contributed by atoms with van der Waals surface area (Å²) in [5.74, 6) is 0. The summed E-state index contributed by atoms with van der Waals surface area (Å²) >= 11 is 0. The van der Waals surface area contributed by atoms with E-state index < -0.39 is 0 Å². The number of hydrogen-bond donors (Lipinski definition) is 1. The van der Waals surface area contributed by atoms with Gasteiger partial charge >= 0.3 is 0 Å². The number of benzene rings is 1. The number of rotatable bonds is 5. The summed E-state index contributed by atoms with van der Waals surface area (Å²) in [6, 6.07) is 8.37. The number of nitrogens with one attached hydrogen (secondary N) is 1. The molecule has 1 N–H and O–H groups in total. The molecule has 0 fully saturated rings. The van der Waals surface area contributed by atoms with E-state index in [0.717, 1.165) is 12.2 Å². The van der Waals surface area contributed by atoms with Crippen LogP contribution in [-0.4, -0.2) is 6.54 Å². The second-order valence-corrected chi connectivity index (χ2v) is 3.30. The summed E-state index contributed by atoms with van der Waals surface area (Å²) < 4.78 is 0. The van der Waals surface area contributed by atoms with Gasteiger partial charge in [-0.2, -0.15) is 0 Å². The molecule has 0 aliphatic rings. The predicted octanol–water partition coefficient (Wildman–Crippen LogP) is 3.71. The zero-order valence-corrected chi connectivity index (χ0v) is 9.11. The van der Waals surface area contributed by atoms with Gasteiger partial charge in [-0.15, -0.1) is 0 Å². The summed E-state index contributed by atoms with van der Waals surface area (Å²) in [7, 11) is 0. The van der Waals surface area contributed by atoms with Crippen LogP contribution in [-0.2, 0) is 0 Å². The molecule has 0 atom stereocenters. The van der Waals surface area contributed by atoms with Crippen LogP contribution in [0, 0.1) is 6.92 Å². The van der Waals surface area contributed by atoms with Gasteiger partial charge < -0.3 is 5.32 Å². The highest BCUT2D eigenvalue weighted by atomic mass is 14.8. The summed E-state index contributed by atoms with van der Waals surface area (Å²) in [6.45, 7) is 6.52. The first-order valence-corrected chi connectivity index (χ1v) is 5.07. The molecule has 15 heavy (non-hydrogen) atoms. The second-order valence-electron chi connectivity index (χ2n) is 3.30. The van der Waals surface area contributed by atoms with Gasteiger partial charge in [-0.1, -0.05) is 54.7 Å². The van der Waals surface area contributed by atoms with Crippen LogP contribution in [0.15, 0.2) is 61.2 Å². The van der Waals surface area contributed by atoms with Crippen molar-refractivity contribution in [1.29, 1.82) is 0 Å². The van der Waals surface area contributed by atoms with Crippen molar-refractivity contribution in [2.45, 2.75) is 6.92 Å². The monoisotopic (exact) mass is 199 g/mol. The van der Waals surface area contributed by atoms with Gasteiger partial charge in [0.05, 0.1) is 0 Å². The van der Waals surface area contributed by atoms with Gasteiger partial charge in [0, 0.05) is 12.2 Å². The van der Waals surface area contributed by atoms with Crippen molar-refractivity contribution < 1.29 is 0 Å². The molecule has 1 aromatic rings. The summed E-state index contributed by atoms with van der Waals surface area (Å²) in [5.41, 5.74) is 2.43. The zero-order chi connectivity index (χ0) is 10.9. The van der Waals surface area contributed by atoms with Crippen molar-refractivity contribution in [1.82, 2.24) is 0 Å². The maximum Gasteiger partial charge on any atom is 0.0342 e. The second kappa shape index (κ2) is 6.66. The Morgan fingerprint density at radius 3 is 2.53 bits per heavy atom. The molecule has 0 aliphatic carbocycles. The van der Waals surface area contributed by atoms with Gasteiger partial charge in [-0.25, -0.2) is 0 Å². The van der Waals surface area contributed by atoms with Gasteiger partial charge in [0.1, 0.15) is 0 Å². The lowest BCUT2D eigenvalue weighted by Crippen LogP contribution is -1.97. The third kappa shape index (κ3) is 4.87. The van der Waals surface area contributed by atoms with E-state index in [1.807, 2.05) is 18.2 Å². The van der Waals surface area contributed by atoms with Crippen LogP contribution in [0.3, 0.4) is 0 Å². The maximum atomic E-state index is 3.60. The van der Waals surface area contributed by atoms with Crippen LogP contribution in [0.4, 0.5) is 5.69 Å². The molecule has 0 radical (unpaired) electrons. The van der Waals surface area contributed by atoms with Gasteiger partial charge in [-0.3, -0.25) is 0 Å². The standard InChI is InChI=1S/C14H17N/c1-3-4-5-6-7-12-15-14-10-8-13(2)9-11-14/h3-11,15H,1,12H2,2H3/b5-4-,7-6?. The van der Waals surface area contributed by atoms with E-state index in [4.69, 9.17) is 0 Å². The number of allylic oxidation sites excluding steroid dienone is 4. The van der Waals surface area contributed by atoms with Crippen LogP contribution < -0.4 is 5.32 Å². The average molecular weight is 199 g/mol. The Labute approximate surface area is 91.8 Å². The van der Waals surface area contributed by atoms with E-state index in [9.17, 15) is 0 Å². The highest BCUT2D eigenvalue weighted by molar-refractivity contribution is 5.44. The Hall–Kier alpha value is -1.76. The minimum absolute atomic E-state index is 0.838. The first-order chi connectivity index (χ1) is 7.33. The topological polar surface area (TPSA) is 12.0 Å². The van der Waals surface area contributed by atoms with E-state index >= 15 is 0 Å². The molecular weight excluding hydrogens is 182 g/mol. The normalized spacial score (nSPS) is 11.0. The number of hydrogen-bond acceptors (Lipinski definition) is 1. The van der Waals surface area contributed by atoms with Gasteiger partial charge in [0.25, 0.3) is 0 Å². The SMILES string of the molecule is C=C/C=C\C=CCNc1ccc(C)cc1. The lowest BCUT2D eigenvalue weighted by Gasteiger charge is -2.02. The van der Waals surface area contributed by atoms with Crippen LogP contribution in [0.1, 0.15) is 5.56 Å². The summed E-state index contributed by atoms with van der Waals surface area (Å²) in [4.78, 5) is 0. The minimum Gasteiger partial charge on any atom is -0.382 e. The molecule has 0 aliphatic heterocycles. The van der Waals surface area contributed by atoms with Crippen LogP contribution in [0.2, 0.25) is 0 Å². The molecule has 0 spiro atoms. The zero-order valence-electron chi connectivity index (χ0n) is 9.11. The molecule has 0 aromatic heterocycles. The highest BCUT2D eigenvalue weighted by Crippen LogP contribution is 2.07. The van der Waals surface area contributed by atoms with Gasteiger partial charge in [-0.05, 0) is 19.1 Å². The first-order valence-electron chi connectivity index (χ1n) is 5.07. The van der Waals surface area contributed by atoms with Crippen molar-refractivity contribution in [3.05, 3.63) is 66.8 Å². The number of anilines is 1. The Morgan fingerprint density at radius 1 is 1.13 bits per heavy atom. The van der Waals surface area contributed by atoms with Crippen molar-refractivity contribution >= 4 is 5.69 Å². The summed E-state index contributed by atoms with van der Waals surface area (Å²) in [6.07, 6.45) is 9.70. The molecule has 1 nitrogen and oxygen atoms in total. The molecule has 78 valence electrons. The largest absolute Gasteiger partial charge is 0.382 e. The van der Waals surface area contributed by atoms with Crippen LogP contribution >= 0.6 is 0 Å². The Balaban J connectivity index is 2.31. The van der Waals surface area contributed by atoms with Crippen LogP contribution in [0.25, 0.3) is 0 Å². The molecule has 1 aromatic carbocycles. The fraction of sp³-hybridized carbons (Fsp3) is 0.143. The van der Waals surface area contributed by atoms with Gasteiger partial charge in [0.15, 0.2) is 0 Å². The van der Waals surface area contributed by atoms with E-state index in [1.165, 1.54) is 5.56 Å². The lowest BCUT2D eigenvalue weighted by molar-refractivity contribution is 1.32. The molecule has 1 heteroatoms. The third-order valence-corrected chi connectivity index (χ3v) is 1.97. The smallest absolute Gasteiger partial charge is 0.0342 e. The quantitative estimate of drug-likeness (QED) is 0.713. The third-order valence-electron chi connectivity index (χ3n) is 1.97. The van der Waals surface area contributed by atoms with Crippen molar-refractivity contribution in [3.8, 4) is 0 Å². The van der Waals surface area contributed by atoms with Gasteiger partial charge in [0.2, 0.25) is 0 Å². The Kier molecular flexibility index (Phi) is 5.02. The maximum absolute atomic E-state index is 3.60. The molecule has 0 amide bonds. The molecule has 0 unspecified atom stereocenters. The van der Waals surface area contributed by atoms with E-state index in [-0.39, 0.29) is 0 Å². The van der Waals surface area contributed by atoms with E-state index in [1.54, 1.807) is 6.08 Å². The van der Waals surface area contributed by atoms with Crippen molar-refractivity contribution in [3.63, 3.8) is 0 Å².